The van der Waals surface area contributed by atoms with E-state index in [0.717, 1.165) is 11.3 Å². The number of benzene rings is 2. The molecule has 0 aromatic heterocycles. The highest BCUT2D eigenvalue weighted by Gasteiger charge is 2.27. The topological polar surface area (TPSA) is 119 Å². The van der Waals surface area contributed by atoms with Gasteiger partial charge in [-0.25, -0.2) is 13.6 Å². The number of nitrogens with one attached hydrogen (secondary N) is 1. The molecule has 8 nitrogen and oxygen atoms in total. The Morgan fingerprint density at radius 3 is 2.53 bits per heavy atom. The highest BCUT2D eigenvalue weighted by atomic mass is 32.2. The third-order valence-corrected chi connectivity index (χ3v) is 5.71. The molecule has 2 amide bonds. The minimum Gasteiger partial charge on any atom is -0.487 e. The largest absolute Gasteiger partial charge is 0.487 e. The van der Waals surface area contributed by atoms with E-state index in [1.165, 1.54) is 12.1 Å². The number of hydrogen-bond acceptors (Lipinski definition) is 5. The van der Waals surface area contributed by atoms with Crippen LogP contribution in [0.15, 0.2) is 53.4 Å². The molecule has 1 aliphatic rings. The van der Waals surface area contributed by atoms with Crippen LogP contribution in [0.5, 0.6) is 5.75 Å². The molecule has 160 valence electrons. The Morgan fingerprint density at radius 1 is 1.13 bits per heavy atom. The van der Waals surface area contributed by atoms with Crippen LogP contribution in [0.4, 0.5) is 5.69 Å². The fourth-order valence-corrected chi connectivity index (χ4v) is 3.78. The van der Waals surface area contributed by atoms with Gasteiger partial charge in [-0.3, -0.25) is 9.59 Å². The first kappa shape index (κ1) is 21.8. The molecule has 0 bridgehead atoms. The maximum Gasteiger partial charge on any atom is 0.238 e. The number of anilines is 1. The Kier molecular flexibility index (Phi) is 6.73. The lowest BCUT2D eigenvalue weighted by Gasteiger charge is -2.33. The van der Waals surface area contributed by atoms with Gasteiger partial charge < -0.3 is 15.0 Å². The quantitative estimate of drug-likeness (QED) is 0.690. The zero-order valence-electron chi connectivity index (χ0n) is 16.7. The average Bonchev–Trinajstić information content (AvgIpc) is 2.71. The lowest BCUT2D eigenvalue weighted by molar-refractivity contribution is -0.125. The van der Waals surface area contributed by atoms with Crippen molar-refractivity contribution < 1.29 is 22.7 Å². The van der Waals surface area contributed by atoms with Crippen LogP contribution >= 0.6 is 0 Å². The fourth-order valence-electron chi connectivity index (χ4n) is 3.26. The molecule has 30 heavy (non-hydrogen) atoms. The van der Waals surface area contributed by atoms with Crippen LogP contribution in [0, 0.1) is 0 Å². The second-order valence-electron chi connectivity index (χ2n) is 7.19. The Hall–Kier alpha value is -2.91. The van der Waals surface area contributed by atoms with E-state index in [2.05, 4.69) is 5.32 Å². The summed E-state index contributed by atoms with van der Waals surface area (Å²) < 4.78 is 28.3. The summed E-state index contributed by atoms with van der Waals surface area (Å²) in [5, 5.41) is 7.85. The zero-order valence-corrected chi connectivity index (χ0v) is 17.5. The molecule has 2 aromatic carbocycles. The highest BCUT2D eigenvalue weighted by Crippen LogP contribution is 2.33. The van der Waals surface area contributed by atoms with Gasteiger partial charge in [0.05, 0.1) is 17.1 Å². The van der Waals surface area contributed by atoms with Crippen LogP contribution in [-0.4, -0.2) is 39.4 Å². The molecule has 2 aromatic rings. The summed E-state index contributed by atoms with van der Waals surface area (Å²) in [6.45, 7) is 2.74. The summed E-state index contributed by atoms with van der Waals surface area (Å²) in [4.78, 5) is 26.5. The van der Waals surface area contributed by atoms with Gasteiger partial charge in [0.2, 0.25) is 21.8 Å². The predicted molar refractivity (Wildman–Crippen MR) is 113 cm³/mol. The molecule has 0 saturated heterocycles. The molecular weight excluding hydrogens is 406 g/mol. The predicted octanol–water partition coefficient (Wildman–Crippen LogP) is 1.59. The second-order valence-corrected chi connectivity index (χ2v) is 8.75. The van der Waals surface area contributed by atoms with Crippen molar-refractivity contribution in [3.63, 3.8) is 0 Å². The van der Waals surface area contributed by atoms with E-state index in [4.69, 9.17) is 9.88 Å². The van der Waals surface area contributed by atoms with E-state index in [9.17, 15) is 18.0 Å². The van der Waals surface area contributed by atoms with Crippen molar-refractivity contribution in [3.05, 3.63) is 54.1 Å². The van der Waals surface area contributed by atoms with Crippen LogP contribution in [0.2, 0.25) is 0 Å². The number of nitrogens with two attached hydrogens (primary N) is 1. The first-order valence-corrected chi connectivity index (χ1v) is 11.2. The van der Waals surface area contributed by atoms with Gasteiger partial charge in [0.1, 0.15) is 11.9 Å². The van der Waals surface area contributed by atoms with E-state index in [1.807, 2.05) is 31.2 Å². The molecule has 3 N–H and O–H groups in total. The summed E-state index contributed by atoms with van der Waals surface area (Å²) in [5.41, 5.74) is 1.60. The first-order chi connectivity index (χ1) is 14.2. The van der Waals surface area contributed by atoms with Crippen LogP contribution in [-0.2, 0) is 26.0 Å². The minimum absolute atomic E-state index is 0.0489. The van der Waals surface area contributed by atoms with Crippen molar-refractivity contribution in [2.45, 2.75) is 37.2 Å². The number of carbonyl (C=O) groups is 2. The minimum atomic E-state index is -3.71. The van der Waals surface area contributed by atoms with Gasteiger partial charge in [0.15, 0.2) is 0 Å². The molecular formula is C21H25N3O5S. The lowest BCUT2D eigenvalue weighted by Crippen LogP contribution is -2.42. The molecule has 9 heteroatoms. The average molecular weight is 432 g/mol. The van der Waals surface area contributed by atoms with E-state index >= 15 is 0 Å². The normalized spacial score (nSPS) is 15.8. The molecule has 0 saturated carbocycles. The number of para-hydroxylation sites is 2. The number of ether oxygens (including phenoxy) is 1. The summed E-state index contributed by atoms with van der Waals surface area (Å²) in [5.74, 6) is 0.341. The maximum atomic E-state index is 12.7. The molecule has 0 unspecified atom stereocenters. The SMILES string of the molecule is C[C@@H]1CN(C(=O)CCC(=O)NCCc2ccc(S(N)(=O)=O)cc2)c2ccccc2O1. The number of hydrogen-bond donors (Lipinski definition) is 2. The summed E-state index contributed by atoms with van der Waals surface area (Å²) in [7, 11) is -3.71. The smallest absolute Gasteiger partial charge is 0.238 e. The Bertz CT molecular complexity index is 1020. The van der Waals surface area contributed by atoms with Gasteiger partial charge in [0.25, 0.3) is 0 Å². The number of primary sulfonamides is 1. The van der Waals surface area contributed by atoms with Gasteiger partial charge in [-0.2, -0.15) is 0 Å². The third kappa shape index (κ3) is 5.58. The van der Waals surface area contributed by atoms with E-state index in [1.54, 1.807) is 17.0 Å². The fraction of sp³-hybridized carbons (Fsp3) is 0.333. The highest BCUT2D eigenvalue weighted by molar-refractivity contribution is 7.89. The standard InChI is InChI=1S/C21H25N3O5S/c1-15-14-24(18-4-2-3-5-19(18)29-15)21(26)11-10-20(25)23-13-12-16-6-8-17(9-7-16)30(22,27)28/h2-9,15H,10-14H2,1H3,(H,23,25)(H2,22,27,28)/t15-/m1/s1. The third-order valence-electron chi connectivity index (χ3n) is 4.78. The van der Waals surface area contributed by atoms with Crippen molar-refractivity contribution in [1.29, 1.82) is 0 Å². The molecule has 1 aliphatic heterocycles. The van der Waals surface area contributed by atoms with E-state index in [-0.39, 0.29) is 35.7 Å². The zero-order chi connectivity index (χ0) is 21.7. The Morgan fingerprint density at radius 2 is 1.83 bits per heavy atom. The number of nitrogens with zero attached hydrogens (tertiary/aromatic N) is 1. The monoisotopic (exact) mass is 431 g/mol. The molecule has 0 fully saturated rings. The number of rotatable bonds is 7. The molecule has 1 heterocycles. The summed E-state index contributed by atoms with van der Waals surface area (Å²) >= 11 is 0. The summed E-state index contributed by atoms with van der Waals surface area (Å²) in [6, 6.07) is 13.6. The van der Waals surface area contributed by atoms with E-state index in [0.29, 0.717) is 25.3 Å². The second kappa shape index (κ2) is 9.27. The van der Waals surface area contributed by atoms with Crippen molar-refractivity contribution in [1.82, 2.24) is 5.32 Å². The molecule has 1 atom stereocenters. The van der Waals surface area contributed by atoms with Crippen LogP contribution < -0.4 is 20.1 Å². The van der Waals surface area contributed by atoms with Gasteiger partial charge in [-0.05, 0) is 43.2 Å². The van der Waals surface area contributed by atoms with Crippen molar-refractivity contribution in [2.24, 2.45) is 5.14 Å². The van der Waals surface area contributed by atoms with Gasteiger partial charge >= 0.3 is 0 Å². The maximum absolute atomic E-state index is 12.7. The van der Waals surface area contributed by atoms with Crippen molar-refractivity contribution in [2.75, 3.05) is 18.0 Å². The number of sulfonamides is 1. The summed E-state index contributed by atoms with van der Waals surface area (Å²) in [6.07, 6.45) is 0.629. The number of amides is 2. The van der Waals surface area contributed by atoms with Crippen LogP contribution in [0.25, 0.3) is 0 Å². The first-order valence-electron chi connectivity index (χ1n) is 9.68. The van der Waals surface area contributed by atoms with E-state index < -0.39 is 10.0 Å². The van der Waals surface area contributed by atoms with Crippen molar-refractivity contribution in [3.8, 4) is 5.75 Å². The Labute approximate surface area is 176 Å². The Balaban J connectivity index is 1.45. The van der Waals surface area contributed by atoms with Gasteiger partial charge in [-0.15, -0.1) is 0 Å². The van der Waals surface area contributed by atoms with Gasteiger partial charge in [-0.1, -0.05) is 24.3 Å². The van der Waals surface area contributed by atoms with Gasteiger partial charge in [0, 0.05) is 19.4 Å². The molecule has 3 rings (SSSR count). The van der Waals surface area contributed by atoms with Crippen LogP contribution in [0.3, 0.4) is 0 Å². The van der Waals surface area contributed by atoms with Crippen LogP contribution in [0.1, 0.15) is 25.3 Å². The molecule has 0 spiro atoms. The molecule has 0 radical (unpaired) electrons. The van der Waals surface area contributed by atoms with Crippen molar-refractivity contribution >= 4 is 27.5 Å². The lowest BCUT2D eigenvalue weighted by atomic mass is 10.1. The number of carbonyl (C=O) groups excluding carboxylic acids is 2. The number of fused-ring (bicyclic) bond motifs is 1. The molecule has 0 aliphatic carbocycles.